The highest BCUT2D eigenvalue weighted by atomic mass is 32.2. The van der Waals surface area contributed by atoms with E-state index in [0.717, 1.165) is 0 Å². The highest BCUT2D eigenvalue weighted by Gasteiger charge is 2.38. The Morgan fingerprint density at radius 3 is 2.44 bits per heavy atom. The normalized spacial score (nSPS) is 21.1. The van der Waals surface area contributed by atoms with Crippen LogP contribution in [-0.4, -0.2) is 49.8 Å². The molecule has 0 amide bonds. The van der Waals surface area contributed by atoms with Gasteiger partial charge in [0.15, 0.2) is 9.84 Å². The molecule has 0 radical (unpaired) electrons. The molecule has 1 unspecified atom stereocenters. The van der Waals surface area contributed by atoms with Crippen molar-refractivity contribution < 1.29 is 21.2 Å². The molecule has 1 aliphatic heterocycles. The second-order valence-corrected chi connectivity index (χ2v) is 10.9. The summed E-state index contributed by atoms with van der Waals surface area (Å²) >= 11 is 0. The van der Waals surface area contributed by atoms with Crippen molar-refractivity contribution in [2.75, 3.05) is 18.8 Å². The fraction of sp³-hybridized carbons (Fsp3) is 0.471. The molecule has 0 bridgehead atoms. The smallest absolute Gasteiger partial charge is 0.246 e. The molecular weight excluding hydrogens is 393 g/mol. The highest BCUT2D eigenvalue weighted by Crippen LogP contribution is 2.33. The van der Waals surface area contributed by atoms with E-state index in [4.69, 9.17) is 0 Å². The predicted molar refractivity (Wildman–Crippen MR) is 99.0 cm³/mol. The van der Waals surface area contributed by atoms with Gasteiger partial charge in [-0.05, 0) is 26.3 Å². The third-order valence-electron chi connectivity index (χ3n) is 4.99. The van der Waals surface area contributed by atoms with E-state index in [0.29, 0.717) is 11.4 Å². The molecular formula is C17H22FN3O4S2. The quantitative estimate of drug-likeness (QED) is 0.762. The van der Waals surface area contributed by atoms with Crippen LogP contribution in [0, 0.1) is 19.7 Å². The summed E-state index contributed by atoms with van der Waals surface area (Å²) in [5, 5.41) is 3.08. The first-order valence-corrected chi connectivity index (χ1v) is 11.7. The SMILES string of the molecule is Cc1nn(C)c(C)c1S(=O)(=O)N1CCC(c2ccccc2F)S(=O)(=O)CC1. The number of sulfone groups is 1. The van der Waals surface area contributed by atoms with Gasteiger partial charge in [0, 0.05) is 25.7 Å². The summed E-state index contributed by atoms with van der Waals surface area (Å²) in [6, 6.07) is 5.73. The Balaban J connectivity index is 1.97. The fourth-order valence-electron chi connectivity index (χ4n) is 3.51. The molecule has 1 aromatic carbocycles. The lowest BCUT2D eigenvalue weighted by Crippen LogP contribution is -2.34. The summed E-state index contributed by atoms with van der Waals surface area (Å²) in [6.07, 6.45) is 0.000847. The molecule has 0 N–H and O–H groups in total. The molecule has 148 valence electrons. The molecule has 1 aliphatic rings. The van der Waals surface area contributed by atoms with Gasteiger partial charge in [0.05, 0.1) is 22.4 Å². The average Bonchev–Trinajstić information content (AvgIpc) is 2.74. The maximum absolute atomic E-state index is 14.1. The predicted octanol–water partition coefficient (Wildman–Crippen LogP) is 1.73. The van der Waals surface area contributed by atoms with Gasteiger partial charge in [0.2, 0.25) is 10.0 Å². The van der Waals surface area contributed by atoms with Gasteiger partial charge in [-0.3, -0.25) is 4.68 Å². The maximum atomic E-state index is 14.1. The average molecular weight is 416 g/mol. The molecule has 2 heterocycles. The number of sulfonamides is 1. The Morgan fingerprint density at radius 1 is 1.19 bits per heavy atom. The van der Waals surface area contributed by atoms with Crippen LogP contribution in [-0.2, 0) is 26.9 Å². The highest BCUT2D eigenvalue weighted by molar-refractivity contribution is 7.92. The standard InChI is InChI=1S/C17H22FN3O4S2/c1-12-17(13(2)20(3)19-12)27(24,25)21-9-8-16(26(22,23)11-10-21)14-6-4-5-7-15(14)18/h4-7,16H,8-11H2,1-3H3. The van der Waals surface area contributed by atoms with Crippen LogP contribution in [0.25, 0.3) is 0 Å². The summed E-state index contributed by atoms with van der Waals surface area (Å²) in [6.45, 7) is 3.10. The second-order valence-electron chi connectivity index (χ2n) is 6.69. The minimum atomic E-state index is -3.90. The van der Waals surface area contributed by atoms with Crippen LogP contribution in [0.1, 0.15) is 28.6 Å². The zero-order chi connectivity index (χ0) is 20.0. The number of rotatable bonds is 3. The van der Waals surface area contributed by atoms with Crippen LogP contribution >= 0.6 is 0 Å². The first kappa shape index (κ1) is 20.0. The Labute approximate surface area is 158 Å². The molecule has 1 saturated heterocycles. The Hall–Kier alpha value is -1.78. The first-order valence-electron chi connectivity index (χ1n) is 8.52. The van der Waals surface area contributed by atoms with E-state index in [9.17, 15) is 21.2 Å². The number of aryl methyl sites for hydroxylation is 2. The van der Waals surface area contributed by atoms with E-state index in [1.165, 1.54) is 27.2 Å². The van der Waals surface area contributed by atoms with Gasteiger partial charge < -0.3 is 0 Å². The number of nitrogens with zero attached hydrogens (tertiary/aromatic N) is 3. The summed E-state index contributed by atoms with van der Waals surface area (Å²) in [7, 11) is -5.94. The van der Waals surface area contributed by atoms with Crippen molar-refractivity contribution >= 4 is 19.9 Å². The number of aromatic nitrogens is 2. The monoisotopic (exact) mass is 415 g/mol. The van der Waals surface area contributed by atoms with Crippen LogP contribution in [0.15, 0.2) is 29.2 Å². The molecule has 10 heteroatoms. The van der Waals surface area contributed by atoms with E-state index in [1.54, 1.807) is 27.0 Å². The minimum absolute atomic E-state index is 0.000847. The summed E-state index contributed by atoms with van der Waals surface area (Å²) < 4.78 is 68.4. The summed E-state index contributed by atoms with van der Waals surface area (Å²) in [4.78, 5) is 0.103. The molecule has 3 rings (SSSR count). The molecule has 1 fully saturated rings. The van der Waals surface area contributed by atoms with Gasteiger partial charge in [-0.1, -0.05) is 18.2 Å². The number of benzene rings is 1. The third-order valence-corrected chi connectivity index (χ3v) is 9.25. The van der Waals surface area contributed by atoms with Crippen LogP contribution < -0.4 is 0 Å². The first-order chi connectivity index (χ1) is 12.6. The Kier molecular flexibility index (Phi) is 5.17. The molecule has 0 saturated carbocycles. The Morgan fingerprint density at radius 2 is 1.85 bits per heavy atom. The van der Waals surface area contributed by atoms with Gasteiger partial charge >= 0.3 is 0 Å². The van der Waals surface area contributed by atoms with Crippen molar-refractivity contribution in [3.63, 3.8) is 0 Å². The van der Waals surface area contributed by atoms with Crippen molar-refractivity contribution in [2.24, 2.45) is 7.05 Å². The molecule has 0 aliphatic carbocycles. The van der Waals surface area contributed by atoms with Crippen LogP contribution in [0.2, 0.25) is 0 Å². The fourth-order valence-corrected chi connectivity index (χ4v) is 7.28. The van der Waals surface area contributed by atoms with Crippen molar-refractivity contribution in [1.82, 2.24) is 14.1 Å². The molecule has 27 heavy (non-hydrogen) atoms. The zero-order valence-corrected chi connectivity index (χ0v) is 17.0. The second kappa shape index (κ2) is 6.99. The van der Waals surface area contributed by atoms with Crippen LogP contribution in [0.3, 0.4) is 0 Å². The van der Waals surface area contributed by atoms with Crippen molar-refractivity contribution in [3.8, 4) is 0 Å². The van der Waals surface area contributed by atoms with Gasteiger partial charge in [-0.2, -0.15) is 9.40 Å². The van der Waals surface area contributed by atoms with E-state index in [2.05, 4.69) is 5.10 Å². The van der Waals surface area contributed by atoms with Crippen molar-refractivity contribution in [2.45, 2.75) is 30.4 Å². The summed E-state index contributed by atoms with van der Waals surface area (Å²) in [5.74, 6) is -0.954. The summed E-state index contributed by atoms with van der Waals surface area (Å²) in [5.41, 5.74) is 0.948. The lowest BCUT2D eigenvalue weighted by Gasteiger charge is -2.20. The van der Waals surface area contributed by atoms with Gasteiger partial charge in [-0.15, -0.1) is 0 Å². The molecule has 1 atom stereocenters. The minimum Gasteiger partial charge on any atom is -0.271 e. The van der Waals surface area contributed by atoms with Crippen molar-refractivity contribution in [3.05, 3.63) is 47.0 Å². The number of hydrogen-bond acceptors (Lipinski definition) is 5. The van der Waals surface area contributed by atoms with E-state index < -0.39 is 30.9 Å². The topological polar surface area (TPSA) is 89.3 Å². The maximum Gasteiger partial charge on any atom is 0.246 e. The van der Waals surface area contributed by atoms with Crippen molar-refractivity contribution in [1.29, 1.82) is 0 Å². The largest absolute Gasteiger partial charge is 0.271 e. The lowest BCUT2D eigenvalue weighted by molar-refractivity contribution is 0.426. The van der Waals surface area contributed by atoms with E-state index >= 15 is 0 Å². The molecule has 2 aromatic rings. The molecule has 7 nitrogen and oxygen atoms in total. The van der Waals surface area contributed by atoms with Gasteiger partial charge in [0.1, 0.15) is 10.7 Å². The van der Waals surface area contributed by atoms with Crippen LogP contribution in [0.4, 0.5) is 4.39 Å². The van der Waals surface area contributed by atoms with Gasteiger partial charge in [0.25, 0.3) is 0 Å². The molecule has 0 spiro atoms. The number of hydrogen-bond donors (Lipinski definition) is 0. The van der Waals surface area contributed by atoms with E-state index in [-0.39, 0.29) is 35.7 Å². The van der Waals surface area contributed by atoms with Crippen LogP contribution in [0.5, 0.6) is 0 Å². The van der Waals surface area contributed by atoms with Gasteiger partial charge in [-0.25, -0.2) is 21.2 Å². The lowest BCUT2D eigenvalue weighted by atomic mass is 10.1. The molecule has 1 aromatic heterocycles. The number of halogens is 1. The van der Waals surface area contributed by atoms with E-state index in [1.807, 2.05) is 0 Å². The zero-order valence-electron chi connectivity index (χ0n) is 15.4. The Bertz CT molecular complexity index is 1080. The third kappa shape index (κ3) is 3.53.